The molecule has 6 nitrogen and oxygen atoms in total. The third-order valence-corrected chi connectivity index (χ3v) is 5.22. The summed E-state index contributed by atoms with van der Waals surface area (Å²) in [4.78, 5) is 19.9. The van der Waals surface area contributed by atoms with Gasteiger partial charge >= 0.3 is 0 Å². The van der Waals surface area contributed by atoms with Crippen molar-refractivity contribution in [2.24, 2.45) is 0 Å². The number of H-pyrrole nitrogens is 1. The zero-order chi connectivity index (χ0) is 20.3. The standard InChI is InChI=1S/C19H19F2N3O3S/c1-3-7-28(26)24-15-6-5-14(20)16(17(15)21)18(25)13-10-23-19-12(13)8-11(9-22-19)27-4-2/h5-6,8-10,24H,3-4,7H2,1-2H3,(H,22,23). The van der Waals surface area contributed by atoms with Crippen molar-refractivity contribution in [2.45, 2.75) is 20.3 Å². The maximum absolute atomic E-state index is 14.9. The number of nitrogens with one attached hydrogen (secondary N) is 2. The first kappa shape index (κ1) is 19.9. The highest BCUT2D eigenvalue weighted by molar-refractivity contribution is 7.86. The maximum Gasteiger partial charge on any atom is 0.201 e. The summed E-state index contributed by atoms with van der Waals surface area (Å²) in [6.07, 6.45) is 3.47. The number of aromatic nitrogens is 2. The van der Waals surface area contributed by atoms with Crippen LogP contribution in [0.4, 0.5) is 14.5 Å². The number of hydrogen-bond acceptors (Lipinski definition) is 4. The number of ketones is 1. The zero-order valence-electron chi connectivity index (χ0n) is 15.3. The van der Waals surface area contributed by atoms with Crippen LogP contribution in [0, 0.1) is 11.6 Å². The number of benzene rings is 1. The number of nitrogens with zero attached hydrogens (tertiary/aromatic N) is 1. The van der Waals surface area contributed by atoms with Gasteiger partial charge < -0.3 is 14.4 Å². The van der Waals surface area contributed by atoms with E-state index in [1.165, 1.54) is 12.4 Å². The summed E-state index contributed by atoms with van der Waals surface area (Å²) >= 11 is 0. The van der Waals surface area contributed by atoms with E-state index in [1.807, 2.05) is 6.92 Å². The Kier molecular flexibility index (Phi) is 6.03. The van der Waals surface area contributed by atoms with Gasteiger partial charge in [-0.3, -0.25) is 4.79 Å². The lowest BCUT2D eigenvalue weighted by molar-refractivity contribution is 0.103. The molecule has 2 N–H and O–H groups in total. The number of carbonyl (C=O) groups is 1. The predicted octanol–water partition coefficient (Wildman–Crippen LogP) is 3.96. The van der Waals surface area contributed by atoms with Crippen molar-refractivity contribution >= 4 is 33.5 Å². The summed E-state index contributed by atoms with van der Waals surface area (Å²) in [6, 6.07) is 3.68. The molecule has 0 saturated heterocycles. The molecular weight excluding hydrogens is 388 g/mol. The first-order valence-corrected chi connectivity index (χ1v) is 10.1. The lowest BCUT2D eigenvalue weighted by atomic mass is 10.0. The summed E-state index contributed by atoms with van der Waals surface area (Å²) in [5, 5.41) is 0.391. The van der Waals surface area contributed by atoms with Crippen molar-refractivity contribution in [3.8, 4) is 5.75 Å². The minimum absolute atomic E-state index is 0.0636. The van der Waals surface area contributed by atoms with E-state index >= 15 is 0 Å². The van der Waals surface area contributed by atoms with Crippen LogP contribution in [0.2, 0.25) is 0 Å². The van der Waals surface area contributed by atoms with Gasteiger partial charge in [-0.25, -0.2) is 18.0 Å². The average molecular weight is 407 g/mol. The Labute approximate surface area is 162 Å². The first-order chi connectivity index (χ1) is 13.5. The highest BCUT2D eigenvalue weighted by Crippen LogP contribution is 2.28. The fraction of sp³-hybridized carbons (Fsp3) is 0.263. The maximum atomic E-state index is 14.9. The van der Waals surface area contributed by atoms with E-state index in [-0.39, 0.29) is 11.3 Å². The fourth-order valence-electron chi connectivity index (χ4n) is 2.75. The van der Waals surface area contributed by atoms with Gasteiger partial charge in [-0.05, 0) is 31.5 Å². The van der Waals surface area contributed by atoms with E-state index in [9.17, 15) is 17.8 Å². The molecule has 0 saturated carbocycles. The van der Waals surface area contributed by atoms with E-state index in [1.54, 1.807) is 13.0 Å². The van der Waals surface area contributed by atoms with Crippen molar-refractivity contribution < 1.29 is 22.5 Å². The average Bonchev–Trinajstić information content (AvgIpc) is 3.08. The number of hydrogen-bond donors (Lipinski definition) is 2. The largest absolute Gasteiger partial charge is 0.492 e. The van der Waals surface area contributed by atoms with Crippen LogP contribution in [0.3, 0.4) is 0 Å². The highest BCUT2D eigenvalue weighted by Gasteiger charge is 2.25. The van der Waals surface area contributed by atoms with Gasteiger partial charge in [0.2, 0.25) is 5.78 Å². The molecule has 2 aromatic heterocycles. The van der Waals surface area contributed by atoms with Crippen LogP contribution in [0.5, 0.6) is 5.75 Å². The number of fused-ring (bicyclic) bond motifs is 1. The Morgan fingerprint density at radius 1 is 1.32 bits per heavy atom. The van der Waals surface area contributed by atoms with Gasteiger partial charge in [-0.15, -0.1) is 0 Å². The third kappa shape index (κ3) is 3.89. The Morgan fingerprint density at radius 3 is 2.82 bits per heavy atom. The van der Waals surface area contributed by atoms with Gasteiger partial charge in [0.1, 0.15) is 28.2 Å². The van der Waals surface area contributed by atoms with Gasteiger partial charge in [0.15, 0.2) is 5.82 Å². The van der Waals surface area contributed by atoms with Crippen molar-refractivity contribution in [1.82, 2.24) is 9.97 Å². The van der Waals surface area contributed by atoms with Crippen LogP contribution in [-0.2, 0) is 11.0 Å². The summed E-state index contributed by atoms with van der Waals surface area (Å²) in [6.45, 7) is 4.04. The van der Waals surface area contributed by atoms with Crippen LogP contribution >= 0.6 is 0 Å². The van der Waals surface area contributed by atoms with E-state index in [0.717, 1.165) is 12.1 Å². The molecular formula is C19H19F2N3O3S. The Balaban J connectivity index is 2.04. The molecule has 3 aromatic rings. The first-order valence-electron chi connectivity index (χ1n) is 8.73. The van der Waals surface area contributed by atoms with Crippen LogP contribution in [-0.4, -0.2) is 32.3 Å². The summed E-state index contributed by atoms with van der Waals surface area (Å²) < 4.78 is 48.9. The summed E-state index contributed by atoms with van der Waals surface area (Å²) in [7, 11) is -1.53. The van der Waals surface area contributed by atoms with Crippen molar-refractivity contribution in [3.05, 3.63) is 53.4 Å². The second-order valence-corrected chi connectivity index (χ2v) is 7.27. The van der Waals surface area contributed by atoms with E-state index in [2.05, 4.69) is 14.7 Å². The molecule has 1 atom stereocenters. The number of anilines is 1. The van der Waals surface area contributed by atoms with Gasteiger partial charge in [-0.2, -0.15) is 0 Å². The number of rotatable bonds is 8. The molecule has 0 aliphatic heterocycles. The van der Waals surface area contributed by atoms with Gasteiger partial charge in [-0.1, -0.05) is 6.92 Å². The molecule has 0 aliphatic carbocycles. The third-order valence-electron chi connectivity index (χ3n) is 3.99. The lowest BCUT2D eigenvalue weighted by Crippen LogP contribution is -2.13. The Bertz CT molecular complexity index is 1050. The monoisotopic (exact) mass is 407 g/mol. The smallest absolute Gasteiger partial charge is 0.201 e. The minimum Gasteiger partial charge on any atom is -0.492 e. The normalized spacial score (nSPS) is 12.1. The molecule has 1 unspecified atom stereocenters. The van der Waals surface area contributed by atoms with E-state index in [4.69, 9.17) is 4.74 Å². The van der Waals surface area contributed by atoms with Gasteiger partial charge in [0.25, 0.3) is 0 Å². The molecule has 0 bridgehead atoms. The van der Waals surface area contributed by atoms with Crippen LogP contribution < -0.4 is 9.46 Å². The van der Waals surface area contributed by atoms with Crippen LogP contribution in [0.25, 0.3) is 11.0 Å². The van der Waals surface area contributed by atoms with E-state index < -0.39 is 34.0 Å². The number of carbonyl (C=O) groups excluding carboxylic acids is 1. The minimum atomic E-state index is -1.53. The number of ether oxygens (including phenoxy) is 1. The van der Waals surface area contributed by atoms with Crippen molar-refractivity contribution in [3.63, 3.8) is 0 Å². The quantitative estimate of drug-likeness (QED) is 0.554. The lowest BCUT2D eigenvalue weighted by Gasteiger charge is -2.10. The van der Waals surface area contributed by atoms with Crippen LogP contribution in [0.1, 0.15) is 36.2 Å². The molecule has 1 aromatic carbocycles. The van der Waals surface area contributed by atoms with Gasteiger partial charge in [0, 0.05) is 22.9 Å². The molecule has 0 fully saturated rings. The molecule has 2 heterocycles. The molecule has 9 heteroatoms. The highest BCUT2D eigenvalue weighted by atomic mass is 32.2. The van der Waals surface area contributed by atoms with E-state index in [0.29, 0.717) is 35.6 Å². The van der Waals surface area contributed by atoms with Crippen LogP contribution in [0.15, 0.2) is 30.6 Å². The summed E-state index contributed by atoms with van der Waals surface area (Å²) in [5.41, 5.74) is -0.453. The molecule has 28 heavy (non-hydrogen) atoms. The fourth-order valence-corrected chi connectivity index (χ4v) is 3.63. The molecule has 148 valence electrons. The number of pyridine rings is 1. The molecule has 0 radical (unpaired) electrons. The molecule has 0 aliphatic rings. The predicted molar refractivity (Wildman–Crippen MR) is 104 cm³/mol. The van der Waals surface area contributed by atoms with Gasteiger partial charge in [0.05, 0.1) is 24.1 Å². The second kappa shape index (κ2) is 8.47. The van der Waals surface area contributed by atoms with Crippen molar-refractivity contribution in [1.29, 1.82) is 0 Å². The molecule has 0 spiro atoms. The molecule has 3 rings (SSSR count). The topological polar surface area (TPSA) is 84.1 Å². The zero-order valence-corrected chi connectivity index (χ0v) is 16.2. The summed E-state index contributed by atoms with van der Waals surface area (Å²) in [5.74, 6) is -2.19. The second-order valence-electron chi connectivity index (χ2n) is 5.97. The Morgan fingerprint density at radius 2 is 2.11 bits per heavy atom. The number of aromatic amines is 1. The number of halogens is 2. The Hall–Kier alpha value is -2.81. The molecule has 0 amide bonds. The SMILES string of the molecule is CCCS(=O)Nc1ccc(F)c(C(=O)c2c[nH]c3ncc(OCC)cc23)c1F. The van der Waals surface area contributed by atoms with Crippen molar-refractivity contribution in [2.75, 3.05) is 17.1 Å².